The van der Waals surface area contributed by atoms with E-state index >= 15 is 0 Å². The van der Waals surface area contributed by atoms with E-state index in [2.05, 4.69) is 15.0 Å². The summed E-state index contributed by atoms with van der Waals surface area (Å²) in [4.78, 5) is 43.0. The summed E-state index contributed by atoms with van der Waals surface area (Å²) in [7, 11) is 1.32. The molecule has 27 heavy (non-hydrogen) atoms. The summed E-state index contributed by atoms with van der Waals surface area (Å²) in [5, 5.41) is 3.29. The Balaban J connectivity index is 1.92. The number of carbonyl (C=O) groups excluding carboxylic acids is 3. The van der Waals surface area contributed by atoms with Crippen LogP contribution in [0.25, 0.3) is 0 Å². The number of amides is 2. The summed E-state index contributed by atoms with van der Waals surface area (Å²) in [5.41, 5.74) is 0.880. The van der Waals surface area contributed by atoms with Crippen LogP contribution >= 0.6 is 11.3 Å². The summed E-state index contributed by atoms with van der Waals surface area (Å²) in [5.74, 6) is -0.806. The van der Waals surface area contributed by atoms with Gasteiger partial charge >= 0.3 is 5.97 Å². The minimum Gasteiger partial charge on any atom is -0.469 e. The molecule has 1 N–H and O–H groups in total. The molecule has 0 bridgehead atoms. The lowest BCUT2D eigenvalue weighted by atomic mass is 10.2. The van der Waals surface area contributed by atoms with Crippen LogP contribution in [0.1, 0.15) is 42.7 Å². The van der Waals surface area contributed by atoms with Crippen LogP contribution in [0.2, 0.25) is 0 Å². The fourth-order valence-electron chi connectivity index (χ4n) is 2.79. The third kappa shape index (κ3) is 6.91. The van der Waals surface area contributed by atoms with Crippen molar-refractivity contribution in [2.45, 2.75) is 52.1 Å². The maximum Gasteiger partial charge on any atom is 0.305 e. The number of aryl methyl sites for hydroxylation is 2. The molecular formula is C18H27N3O5S. The molecule has 2 heterocycles. The highest BCUT2D eigenvalue weighted by atomic mass is 32.1. The second-order valence-corrected chi connectivity index (χ2v) is 7.75. The van der Waals surface area contributed by atoms with Crippen molar-refractivity contribution in [1.82, 2.24) is 9.88 Å². The predicted molar refractivity (Wildman–Crippen MR) is 102 cm³/mol. The van der Waals surface area contributed by atoms with Crippen LogP contribution in [0.5, 0.6) is 0 Å². The second kappa shape index (κ2) is 10.4. The molecule has 0 saturated carbocycles. The number of hydrogen-bond donors (Lipinski definition) is 1. The standard InChI is InChI=1S/C18H27N3O5S/c1-12-13(2)27-18(19-12)20-15(22)11-21(10-14-6-5-9-26-14)16(23)7-4-8-17(24)25-3/h14H,4-11H2,1-3H3,(H,19,20,22). The van der Waals surface area contributed by atoms with Crippen LogP contribution in [-0.2, 0) is 23.9 Å². The molecule has 9 heteroatoms. The molecule has 2 rings (SSSR count). The number of thiazole rings is 1. The van der Waals surface area contributed by atoms with Crippen LogP contribution in [0.15, 0.2) is 0 Å². The Bertz CT molecular complexity index is 650. The van der Waals surface area contributed by atoms with E-state index in [0.717, 1.165) is 23.4 Å². The van der Waals surface area contributed by atoms with Crippen molar-refractivity contribution in [1.29, 1.82) is 0 Å². The van der Waals surface area contributed by atoms with Gasteiger partial charge in [-0.2, -0.15) is 0 Å². The van der Waals surface area contributed by atoms with Gasteiger partial charge in [-0.25, -0.2) is 4.98 Å². The van der Waals surface area contributed by atoms with Crippen LogP contribution in [0.3, 0.4) is 0 Å². The molecule has 0 aliphatic carbocycles. The van der Waals surface area contributed by atoms with E-state index in [1.54, 1.807) is 0 Å². The first kappa shape index (κ1) is 21.3. The van der Waals surface area contributed by atoms with Gasteiger partial charge in [-0.1, -0.05) is 0 Å². The number of aromatic nitrogens is 1. The van der Waals surface area contributed by atoms with Crippen LogP contribution in [-0.4, -0.2) is 60.6 Å². The third-order valence-electron chi connectivity index (χ3n) is 4.41. The number of esters is 1. The van der Waals surface area contributed by atoms with Gasteiger partial charge in [-0.05, 0) is 33.1 Å². The Hall–Kier alpha value is -2.00. The number of ether oxygens (including phenoxy) is 2. The molecule has 1 fully saturated rings. The monoisotopic (exact) mass is 397 g/mol. The highest BCUT2D eigenvalue weighted by Crippen LogP contribution is 2.21. The van der Waals surface area contributed by atoms with Crippen molar-refractivity contribution in [3.63, 3.8) is 0 Å². The maximum atomic E-state index is 12.6. The van der Waals surface area contributed by atoms with Crippen molar-refractivity contribution in [2.75, 3.05) is 32.1 Å². The summed E-state index contributed by atoms with van der Waals surface area (Å²) < 4.78 is 10.2. The van der Waals surface area contributed by atoms with Crippen LogP contribution < -0.4 is 5.32 Å². The maximum absolute atomic E-state index is 12.6. The van der Waals surface area contributed by atoms with Gasteiger partial charge in [0.15, 0.2) is 5.13 Å². The molecule has 0 spiro atoms. The zero-order valence-electron chi connectivity index (χ0n) is 16.1. The number of rotatable bonds is 9. The van der Waals surface area contributed by atoms with Crippen molar-refractivity contribution in [3.8, 4) is 0 Å². The van der Waals surface area contributed by atoms with Gasteiger partial charge in [0.05, 0.1) is 18.9 Å². The molecule has 8 nitrogen and oxygen atoms in total. The van der Waals surface area contributed by atoms with Crippen LogP contribution in [0, 0.1) is 13.8 Å². The SMILES string of the molecule is COC(=O)CCCC(=O)N(CC(=O)Nc1nc(C)c(C)s1)CC1CCCO1. The number of methoxy groups -OCH3 is 1. The van der Waals surface area contributed by atoms with Gasteiger partial charge in [0.1, 0.15) is 6.54 Å². The molecule has 0 radical (unpaired) electrons. The zero-order valence-corrected chi connectivity index (χ0v) is 16.9. The Morgan fingerprint density at radius 1 is 1.33 bits per heavy atom. The number of carbonyl (C=O) groups is 3. The fourth-order valence-corrected chi connectivity index (χ4v) is 3.62. The predicted octanol–water partition coefficient (Wildman–Crippen LogP) is 2.05. The lowest BCUT2D eigenvalue weighted by Gasteiger charge is -2.25. The highest BCUT2D eigenvalue weighted by Gasteiger charge is 2.24. The van der Waals surface area contributed by atoms with E-state index in [0.29, 0.717) is 24.7 Å². The first-order chi connectivity index (χ1) is 12.9. The Morgan fingerprint density at radius 3 is 2.70 bits per heavy atom. The largest absolute Gasteiger partial charge is 0.469 e. The topological polar surface area (TPSA) is 97.8 Å². The van der Waals surface area contributed by atoms with E-state index in [4.69, 9.17) is 4.74 Å². The van der Waals surface area contributed by atoms with E-state index in [-0.39, 0.29) is 43.3 Å². The molecule has 1 aromatic rings. The third-order valence-corrected chi connectivity index (χ3v) is 5.40. The summed E-state index contributed by atoms with van der Waals surface area (Å²) >= 11 is 1.41. The number of anilines is 1. The number of nitrogens with zero attached hydrogens (tertiary/aromatic N) is 2. The molecular weight excluding hydrogens is 370 g/mol. The van der Waals surface area contributed by atoms with Crippen molar-refractivity contribution < 1.29 is 23.9 Å². The normalized spacial score (nSPS) is 16.2. The minimum absolute atomic E-state index is 0.0493. The van der Waals surface area contributed by atoms with Gasteiger partial charge < -0.3 is 19.7 Å². The average Bonchev–Trinajstić information content (AvgIpc) is 3.23. The molecule has 0 aromatic carbocycles. The molecule has 1 aliphatic heterocycles. The molecule has 1 unspecified atom stereocenters. The summed E-state index contributed by atoms with van der Waals surface area (Å²) in [6, 6.07) is 0. The van der Waals surface area contributed by atoms with Crippen molar-refractivity contribution in [2.24, 2.45) is 0 Å². The Morgan fingerprint density at radius 2 is 2.11 bits per heavy atom. The average molecular weight is 397 g/mol. The molecule has 1 aliphatic rings. The van der Waals surface area contributed by atoms with Gasteiger partial charge in [0.2, 0.25) is 11.8 Å². The lowest BCUT2D eigenvalue weighted by Crippen LogP contribution is -2.42. The van der Waals surface area contributed by atoms with Crippen molar-refractivity contribution >= 4 is 34.3 Å². The van der Waals surface area contributed by atoms with E-state index < -0.39 is 0 Å². The van der Waals surface area contributed by atoms with E-state index in [9.17, 15) is 14.4 Å². The minimum atomic E-state index is -0.347. The molecule has 1 aromatic heterocycles. The lowest BCUT2D eigenvalue weighted by molar-refractivity contribution is -0.141. The Labute approximate surface area is 163 Å². The van der Waals surface area contributed by atoms with E-state index in [1.807, 2.05) is 13.8 Å². The van der Waals surface area contributed by atoms with Gasteiger partial charge in [0.25, 0.3) is 0 Å². The first-order valence-corrected chi connectivity index (χ1v) is 9.90. The summed E-state index contributed by atoms with van der Waals surface area (Å²) in [6.45, 7) is 4.82. The van der Waals surface area contributed by atoms with Gasteiger partial charge in [-0.15, -0.1) is 11.3 Å². The first-order valence-electron chi connectivity index (χ1n) is 9.09. The Kier molecular flexibility index (Phi) is 8.18. The fraction of sp³-hybridized carbons (Fsp3) is 0.667. The van der Waals surface area contributed by atoms with Gasteiger partial charge in [0, 0.05) is 30.9 Å². The summed E-state index contributed by atoms with van der Waals surface area (Å²) in [6.07, 6.45) is 2.54. The number of nitrogens with one attached hydrogen (secondary N) is 1. The second-order valence-electron chi connectivity index (χ2n) is 6.55. The number of hydrogen-bond acceptors (Lipinski definition) is 7. The molecule has 1 atom stereocenters. The van der Waals surface area contributed by atoms with E-state index in [1.165, 1.54) is 23.3 Å². The molecule has 2 amide bonds. The molecule has 1 saturated heterocycles. The zero-order chi connectivity index (χ0) is 19.8. The quantitative estimate of drug-likeness (QED) is 0.641. The molecule has 150 valence electrons. The smallest absolute Gasteiger partial charge is 0.305 e. The highest BCUT2D eigenvalue weighted by molar-refractivity contribution is 7.15. The van der Waals surface area contributed by atoms with Gasteiger partial charge in [-0.3, -0.25) is 14.4 Å². The van der Waals surface area contributed by atoms with Crippen molar-refractivity contribution in [3.05, 3.63) is 10.6 Å². The van der Waals surface area contributed by atoms with Crippen LogP contribution in [0.4, 0.5) is 5.13 Å².